The predicted octanol–water partition coefficient (Wildman–Crippen LogP) is 3.49. The van der Waals surface area contributed by atoms with Gasteiger partial charge in [0.2, 0.25) is 5.89 Å². The van der Waals surface area contributed by atoms with Gasteiger partial charge >= 0.3 is 0 Å². The Hall–Kier alpha value is -1.27. The fourth-order valence-electron chi connectivity index (χ4n) is 1.50. The standard InChI is InChI=1S/C12H11BrF2N2O/c1-2-16-5-8-6-18-12(17-8)11-9(14)3-7(13)4-10(11)15/h3-4,6,16H,2,5H2,1H3. The largest absolute Gasteiger partial charge is 0.444 e. The number of oxazole rings is 1. The molecule has 18 heavy (non-hydrogen) atoms. The van der Waals surface area contributed by atoms with Gasteiger partial charge in [-0.3, -0.25) is 0 Å². The van der Waals surface area contributed by atoms with E-state index in [1.165, 1.54) is 18.4 Å². The summed E-state index contributed by atoms with van der Waals surface area (Å²) in [6.45, 7) is 3.23. The highest BCUT2D eigenvalue weighted by Gasteiger charge is 2.17. The van der Waals surface area contributed by atoms with Gasteiger partial charge in [-0.15, -0.1) is 0 Å². The first-order valence-electron chi connectivity index (χ1n) is 5.42. The Kier molecular flexibility index (Phi) is 4.08. The third kappa shape index (κ3) is 2.76. The van der Waals surface area contributed by atoms with E-state index in [1.54, 1.807) is 0 Å². The third-order valence-electron chi connectivity index (χ3n) is 2.33. The number of halogens is 3. The van der Waals surface area contributed by atoms with Gasteiger partial charge in [-0.05, 0) is 18.7 Å². The lowest BCUT2D eigenvalue weighted by atomic mass is 10.2. The number of rotatable bonds is 4. The molecule has 96 valence electrons. The summed E-state index contributed by atoms with van der Waals surface area (Å²) in [4.78, 5) is 4.04. The van der Waals surface area contributed by atoms with Crippen LogP contribution < -0.4 is 5.32 Å². The van der Waals surface area contributed by atoms with Gasteiger partial charge in [0.1, 0.15) is 23.5 Å². The molecule has 0 fully saturated rings. The number of nitrogens with one attached hydrogen (secondary N) is 1. The van der Waals surface area contributed by atoms with Crippen molar-refractivity contribution in [3.8, 4) is 11.5 Å². The van der Waals surface area contributed by atoms with Crippen molar-refractivity contribution >= 4 is 15.9 Å². The van der Waals surface area contributed by atoms with Crippen LogP contribution in [0.1, 0.15) is 12.6 Å². The second kappa shape index (κ2) is 5.58. The van der Waals surface area contributed by atoms with E-state index in [2.05, 4.69) is 26.2 Å². The van der Waals surface area contributed by atoms with E-state index in [4.69, 9.17) is 4.42 Å². The zero-order valence-corrected chi connectivity index (χ0v) is 11.2. The highest BCUT2D eigenvalue weighted by Crippen LogP contribution is 2.28. The van der Waals surface area contributed by atoms with E-state index >= 15 is 0 Å². The molecule has 0 atom stereocenters. The predicted molar refractivity (Wildman–Crippen MR) is 66.9 cm³/mol. The molecule has 1 N–H and O–H groups in total. The quantitative estimate of drug-likeness (QED) is 0.938. The summed E-state index contributed by atoms with van der Waals surface area (Å²) in [5.41, 5.74) is 0.356. The van der Waals surface area contributed by atoms with Crippen molar-refractivity contribution in [1.29, 1.82) is 0 Å². The molecular formula is C12H11BrF2N2O. The van der Waals surface area contributed by atoms with E-state index in [0.29, 0.717) is 16.7 Å². The van der Waals surface area contributed by atoms with Crippen molar-refractivity contribution in [2.45, 2.75) is 13.5 Å². The Balaban J connectivity index is 2.34. The summed E-state index contributed by atoms with van der Waals surface area (Å²) < 4.78 is 32.8. The number of hydrogen-bond acceptors (Lipinski definition) is 3. The molecule has 0 aliphatic carbocycles. The van der Waals surface area contributed by atoms with Crippen molar-refractivity contribution in [1.82, 2.24) is 10.3 Å². The van der Waals surface area contributed by atoms with Crippen LogP contribution in [0, 0.1) is 11.6 Å². The molecule has 0 amide bonds. The molecule has 1 aromatic heterocycles. The second-order valence-corrected chi connectivity index (χ2v) is 4.58. The lowest BCUT2D eigenvalue weighted by molar-refractivity contribution is 0.540. The van der Waals surface area contributed by atoms with Gasteiger partial charge in [0.05, 0.1) is 5.69 Å². The molecule has 3 nitrogen and oxygen atoms in total. The lowest BCUT2D eigenvalue weighted by Crippen LogP contribution is -2.11. The van der Waals surface area contributed by atoms with Crippen LogP contribution in [-0.4, -0.2) is 11.5 Å². The molecule has 0 saturated heterocycles. The van der Waals surface area contributed by atoms with E-state index < -0.39 is 11.6 Å². The lowest BCUT2D eigenvalue weighted by Gasteiger charge is -2.01. The van der Waals surface area contributed by atoms with Crippen molar-refractivity contribution in [3.05, 3.63) is 40.2 Å². The molecule has 0 spiro atoms. The van der Waals surface area contributed by atoms with E-state index in [-0.39, 0.29) is 11.5 Å². The minimum absolute atomic E-state index is 0.0506. The second-order valence-electron chi connectivity index (χ2n) is 3.67. The molecule has 0 bridgehead atoms. The monoisotopic (exact) mass is 316 g/mol. The van der Waals surface area contributed by atoms with E-state index in [1.807, 2.05) is 6.92 Å². The smallest absolute Gasteiger partial charge is 0.232 e. The molecular weight excluding hydrogens is 306 g/mol. The van der Waals surface area contributed by atoms with Crippen molar-refractivity contribution in [2.24, 2.45) is 0 Å². The van der Waals surface area contributed by atoms with Crippen LogP contribution in [0.4, 0.5) is 8.78 Å². The molecule has 0 unspecified atom stereocenters. The SMILES string of the molecule is CCNCc1coc(-c2c(F)cc(Br)cc2F)n1. The zero-order chi connectivity index (χ0) is 13.1. The Labute approximate surface area is 111 Å². The Bertz CT molecular complexity index is 534. The van der Waals surface area contributed by atoms with Crippen LogP contribution in [0.15, 0.2) is 27.3 Å². The average Bonchev–Trinajstić information content (AvgIpc) is 2.73. The highest BCUT2D eigenvalue weighted by atomic mass is 79.9. The molecule has 2 rings (SSSR count). The van der Waals surface area contributed by atoms with Gasteiger partial charge in [0.25, 0.3) is 0 Å². The van der Waals surface area contributed by atoms with Gasteiger partial charge in [0, 0.05) is 11.0 Å². The third-order valence-corrected chi connectivity index (χ3v) is 2.79. The van der Waals surface area contributed by atoms with Crippen LogP contribution in [0.5, 0.6) is 0 Å². The number of hydrogen-bond donors (Lipinski definition) is 1. The summed E-state index contributed by atoms with van der Waals surface area (Å²) in [5.74, 6) is -1.47. The summed E-state index contributed by atoms with van der Waals surface area (Å²) >= 11 is 3.02. The average molecular weight is 317 g/mol. The normalized spacial score (nSPS) is 10.9. The van der Waals surface area contributed by atoms with Gasteiger partial charge < -0.3 is 9.73 Å². The van der Waals surface area contributed by atoms with Crippen molar-refractivity contribution in [3.63, 3.8) is 0 Å². The fourth-order valence-corrected chi connectivity index (χ4v) is 1.90. The van der Waals surface area contributed by atoms with E-state index in [0.717, 1.165) is 6.54 Å². The summed E-state index contributed by atoms with van der Waals surface area (Å²) in [5, 5.41) is 3.05. The number of aromatic nitrogens is 1. The molecule has 0 aliphatic rings. The molecule has 6 heteroatoms. The highest BCUT2D eigenvalue weighted by molar-refractivity contribution is 9.10. The van der Waals surface area contributed by atoms with Gasteiger partial charge in [0.15, 0.2) is 0 Å². The van der Waals surface area contributed by atoms with Crippen LogP contribution >= 0.6 is 15.9 Å². The van der Waals surface area contributed by atoms with Crippen molar-refractivity contribution < 1.29 is 13.2 Å². The molecule has 0 radical (unpaired) electrons. The maximum absolute atomic E-state index is 13.7. The minimum Gasteiger partial charge on any atom is -0.444 e. The number of nitrogens with zero attached hydrogens (tertiary/aromatic N) is 1. The maximum atomic E-state index is 13.7. The van der Waals surface area contributed by atoms with E-state index in [9.17, 15) is 8.78 Å². The van der Waals surface area contributed by atoms with Gasteiger partial charge in [-0.2, -0.15) is 0 Å². The molecule has 0 saturated carbocycles. The first kappa shape index (κ1) is 13.2. The Morgan fingerprint density at radius 2 is 2.00 bits per heavy atom. The van der Waals surface area contributed by atoms with Gasteiger partial charge in [-0.1, -0.05) is 22.9 Å². The molecule has 0 aliphatic heterocycles. The fraction of sp³-hybridized carbons (Fsp3) is 0.250. The summed E-state index contributed by atoms with van der Waals surface area (Å²) in [7, 11) is 0. The Morgan fingerprint density at radius 3 is 2.61 bits per heavy atom. The molecule has 2 aromatic rings. The maximum Gasteiger partial charge on any atom is 0.232 e. The van der Waals surface area contributed by atoms with Crippen LogP contribution in [0.25, 0.3) is 11.5 Å². The summed E-state index contributed by atoms with van der Waals surface area (Å²) in [6.07, 6.45) is 1.39. The van der Waals surface area contributed by atoms with Crippen molar-refractivity contribution in [2.75, 3.05) is 6.54 Å². The Morgan fingerprint density at radius 1 is 1.33 bits per heavy atom. The van der Waals surface area contributed by atoms with Crippen LogP contribution in [-0.2, 0) is 6.54 Å². The number of benzene rings is 1. The van der Waals surface area contributed by atoms with Crippen LogP contribution in [0.3, 0.4) is 0 Å². The molecule has 1 heterocycles. The zero-order valence-electron chi connectivity index (χ0n) is 9.64. The first-order valence-corrected chi connectivity index (χ1v) is 6.21. The van der Waals surface area contributed by atoms with Crippen LogP contribution in [0.2, 0.25) is 0 Å². The molecule has 1 aromatic carbocycles. The van der Waals surface area contributed by atoms with Gasteiger partial charge in [-0.25, -0.2) is 13.8 Å². The minimum atomic E-state index is -0.710. The topological polar surface area (TPSA) is 38.1 Å². The summed E-state index contributed by atoms with van der Waals surface area (Å²) in [6, 6.07) is 2.35. The first-order chi connectivity index (χ1) is 8.61.